The Bertz CT molecular complexity index is 664. The van der Waals surface area contributed by atoms with Crippen molar-refractivity contribution in [3.05, 3.63) is 21.8 Å². The van der Waals surface area contributed by atoms with Crippen molar-refractivity contribution in [2.75, 3.05) is 12.3 Å². The molecule has 8 nitrogen and oxygen atoms in total. The molecule has 0 aliphatic carbocycles. The van der Waals surface area contributed by atoms with Gasteiger partial charge in [-0.3, -0.25) is 4.79 Å². The summed E-state index contributed by atoms with van der Waals surface area (Å²) in [6.45, 7) is -0.630. The number of nitrogens with two attached hydrogens (primary N) is 2. The summed E-state index contributed by atoms with van der Waals surface area (Å²) in [4.78, 5) is 34.1. The van der Waals surface area contributed by atoms with E-state index in [1.807, 2.05) is 0 Å². The van der Waals surface area contributed by atoms with Gasteiger partial charge < -0.3 is 26.4 Å². The molecule has 1 rings (SSSR count). The zero-order chi connectivity index (χ0) is 17.2. The van der Waals surface area contributed by atoms with Crippen molar-refractivity contribution in [2.45, 2.75) is 6.10 Å². The first-order chi connectivity index (χ1) is 10.1. The lowest BCUT2D eigenvalue weighted by Gasteiger charge is -2.15. The summed E-state index contributed by atoms with van der Waals surface area (Å²) < 4.78 is 5.59. The summed E-state index contributed by atoms with van der Waals surface area (Å²) >= 11 is 5.29. The highest BCUT2D eigenvalue weighted by Gasteiger charge is 2.28. The minimum Gasteiger partial charge on any atom is -0.478 e. The van der Waals surface area contributed by atoms with Crippen LogP contribution in [-0.2, 0) is 9.53 Å². The van der Waals surface area contributed by atoms with Gasteiger partial charge in [-0.05, 0) is 67.8 Å². The Kier molecular flexibility index (Phi) is 7.06. The number of amides is 1. The molecule has 6 N–H and O–H groups in total. The van der Waals surface area contributed by atoms with Crippen LogP contribution in [0.25, 0.3) is 0 Å². The summed E-state index contributed by atoms with van der Waals surface area (Å²) in [6, 6.07) is 0. The largest absolute Gasteiger partial charge is 0.478 e. The highest BCUT2D eigenvalue weighted by molar-refractivity contribution is 14.1. The first-order valence-corrected chi connectivity index (χ1v) is 8.66. The third kappa shape index (κ3) is 4.10. The Morgan fingerprint density at radius 1 is 1.09 bits per heavy atom. The van der Waals surface area contributed by atoms with Gasteiger partial charge in [0.2, 0.25) is 5.91 Å². The Labute approximate surface area is 165 Å². The minimum absolute atomic E-state index is 0.0341. The van der Waals surface area contributed by atoms with Crippen molar-refractivity contribution in [2.24, 2.45) is 5.73 Å². The van der Waals surface area contributed by atoms with Gasteiger partial charge in [0, 0.05) is 3.57 Å². The number of carboxylic acids is 1. The third-order valence-corrected chi connectivity index (χ3v) is 5.79. The second kappa shape index (κ2) is 7.91. The van der Waals surface area contributed by atoms with Crippen LogP contribution in [0.4, 0.5) is 5.69 Å². The molecule has 0 spiro atoms. The molecule has 0 aliphatic rings. The van der Waals surface area contributed by atoms with Gasteiger partial charge in [0.15, 0.2) is 6.10 Å². The molecule has 0 saturated carbocycles. The molecule has 1 unspecified atom stereocenters. The van der Waals surface area contributed by atoms with Crippen molar-refractivity contribution >= 4 is 91.3 Å². The van der Waals surface area contributed by atoms with E-state index in [0.717, 1.165) is 0 Å². The number of hydrogen-bond acceptors (Lipinski definition) is 6. The smallest absolute Gasteiger partial charge is 0.340 e. The van der Waals surface area contributed by atoms with Gasteiger partial charge >= 0.3 is 11.9 Å². The van der Waals surface area contributed by atoms with Gasteiger partial charge in [-0.25, -0.2) is 9.59 Å². The molecule has 1 amide bonds. The van der Waals surface area contributed by atoms with Crippen LogP contribution in [0.15, 0.2) is 0 Å². The van der Waals surface area contributed by atoms with Gasteiger partial charge in [-0.1, -0.05) is 0 Å². The number of halogens is 3. The van der Waals surface area contributed by atoms with Crippen LogP contribution in [0.2, 0.25) is 0 Å². The molecule has 0 saturated heterocycles. The van der Waals surface area contributed by atoms with Crippen LogP contribution in [0.5, 0.6) is 0 Å². The average molecular weight is 646 g/mol. The molecule has 0 fully saturated rings. The van der Waals surface area contributed by atoms with Gasteiger partial charge in [0.05, 0.1) is 24.0 Å². The number of carbonyl (C=O) groups is 3. The van der Waals surface area contributed by atoms with Crippen molar-refractivity contribution in [1.29, 1.82) is 0 Å². The molecule has 1 aromatic rings. The zero-order valence-electron chi connectivity index (χ0n) is 10.6. The number of carbonyl (C=O) groups excluding carboxylic acids is 2. The third-order valence-electron chi connectivity index (χ3n) is 2.47. The Morgan fingerprint density at radius 3 is 2.05 bits per heavy atom. The molecular formula is C11H9I3N2O6. The van der Waals surface area contributed by atoms with Gasteiger partial charge in [0.1, 0.15) is 6.61 Å². The van der Waals surface area contributed by atoms with E-state index in [0.29, 0.717) is 7.14 Å². The Balaban J connectivity index is 3.27. The molecular weight excluding hydrogens is 637 g/mol. The fourth-order valence-corrected chi connectivity index (χ4v) is 5.43. The quantitative estimate of drug-likeness (QED) is 0.210. The number of rotatable bonds is 5. The second-order valence-electron chi connectivity index (χ2n) is 3.93. The van der Waals surface area contributed by atoms with Crippen LogP contribution in [-0.4, -0.2) is 40.8 Å². The highest BCUT2D eigenvalue weighted by atomic mass is 127. The molecule has 0 aliphatic heterocycles. The van der Waals surface area contributed by atoms with Crippen molar-refractivity contribution < 1.29 is 29.3 Å². The summed E-state index contributed by atoms with van der Waals surface area (Å²) in [6.07, 6.45) is -1.64. The van der Waals surface area contributed by atoms with Crippen LogP contribution < -0.4 is 11.5 Å². The lowest BCUT2D eigenvalue weighted by molar-refractivity contribution is -0.127. The normalized spacial score (nSPS) is 11.8. The fraction of sp³-hybridized carbons (Fsp3) is 0.182. The molecule has 0 aromatic heterocycles. The van der Waals surface area contributed by atoms with Gasteiger partial charge in [-0.15, -0.1) is 0 Å². The number of nitrogen functional groups attached to an aromatic ring is 1. The molecule has 1 atom stereocenters. The van der Waals surface area contributed by atoms with Crippen molar-refractivity contribution in [3.8, 4) is 0 Å². The first kappa shape index (κ1) is 19.6. The summed E-state index contributed by atoms with van der Waals surface area (Å²) in [5, 5.41) is 18.5. The number of aliphatic hydroxyl groups excluding tert-OH is 1. The summed E-state index contributed by atoms with van der Waals surface area (Å²) in [7, 11) is 0. The Morgan fingerprint density at radius 2 is 1.59 bits per heavy atom. The molecule has 0 radical (unpaired) electrons. The van der Waals surface area contributed by atoms with Crippen LogP contribution in [0.1, 0.15) is 20.7 Å². The standard InChI is InChI=1S/C11H9I3N2O6/c12-5-3(10(19)20)6(13)8(15)7(14)4(5)11(21)22-1-2(17)9(16)18/h2,17H,1,15H2,(H2,16,18)(H,19,20). The van der Waals surface area contributed by atoms with Crippen molar-refractivity contribution in [1.82, 2.24) is 0 Å². The summed E-state index contributed by atoms with van der Waals surface area (Å²) in [5.74, 6) is -3.17. The maximum atomic E-state index is 12.1. The second-order valence-corrected chi connectivity index (χ2v) is 7.16. The number of aliphatic hydroxyl groups is 1. The predicted octanol–water partition coefficient (Wildman–Crippen LogP) is 0.784. The van der Waals surface area contributed by atoms with E-state index in [1.165, 1.54) is 0 Å². The van der Waals surface area contributed by atoms with Crippen LogP contribution in [0, 0.1) is 10.7 Å². The number of carboxylic acid groups (broad SMARTS) is 1. The molecule has 0 bridgehead atoms. The molecule has 120 valence electrons. The van der Waals surface area contributed by atoms with Crippen LogP contribution in [0.3, 0.4) is 0 Å². The van der Waals surface area contributed by atoms with E-state index >= 15 is 0 Å². The molecule has 0 heterocycles. The van der Waals surface area contributed by atoms with Gasteiger partial charge in [0.25, 0.3) is 0 Å². The maximum Gasteiger partial charge on any atom is 0.340 e. The molecule has 11 heteroatoms. The predicted molar refractivity (Wildman–Crippen MR) is 101 cm³/mol. The molecule has 1 aromatic carbocycles. The zero-order valence-corrected chi connectivity index (χ0v) is 17.1. The lowest BCUT2D eigenvalue weighted by atomic mass is 10.1. The number of ether oxygens (including phenoxy) is 1. The first-order valence-electron chi connectivity index (χ1n) is 5.43. The summed E-state index contributed by atoms with van der Waals surface area (Å²) in [5.41, 5.74) is 10.7. The van der Waals surface area contributed by atoms with Crippen molar-refractivity contribution in [3.63, 3.8) is 0 Å². The number of primary amides is 1. The van der Waals surface area contributed by atoms with Gasteiger partial charge in [-0.2, -0.15) is 0 Å². The number of benzene rings is 1. The Hall–Kier alpha value is -0.420. The van der Waals surface area contributed by atoms with E-state index in [-0.39, 0.29) is 20.4 Å². The topological polar surface area (TPSA) is 153 Å². The van der Waals surface area contributed by atoms with E-state index in [9.17, 15) is 24.6 Å². The number of aromatic carboxylic acids is 1. The molecule has 22 heavy (non-hydrogen) atoms. The maximum absolute atomic E-state index is 12.1. The van der Waals surface area contributed by atoms with Crippen LogP contribution >= 0.6 is 67.8 Å². The SMILES string of the molecule is NC(=O)C(O)COC(=O)c1c(I)c(N)c(I)c(C(=O)O)c1I. The lowest BCUT2D eigenvalue weighted by Crippen LogP contribution is -2.33. The van der Waals surface area contributed by atoms with E-state index < -0.39 is 30.6 Å². The van der Waals surface area contributed by atoms with E-state index in [4.69, 9.17) is 16.2 Å². The average Bonchev–Trinajstić information content (AvgIpc) is 2.41. The monoisotopic (exact) mass is 646 g/mol. The van der Waals surface area contributed by atoms with E-state index in [2.05, 4.69) is 0 Å². The minimum atomic E-state index is -1.64. The van der Waals surface area contributed by atoms with E-state index in [1.54, 1.807) is 67.8 Å². The highest BCUT2D eigenvalue weighted by Crippen LogP contribution is 2.34. The number of anilines is 1. The number of esters is 1. The fourth-order valence-electron chi connectivity index (χ4n) is 1.36. The number of hydrogen-bond donors (Lipinski definition) is 4.